The third-order valence-electron chi connectivity index (χ3n) is 4.12. The number of hydrazine groups is 1. The summed E-state index contributed by atoms with van der Waals surface area (Å²) in [6.07, 6.45) is 6.17. The molecule has 30 heavy (non-hydrogen) atoms. The highest BCUT2D eigenvalue weighted by molar-refractivity contribution is 7.90. The number of hydrogen-bond acceptors (Lipinski definition) is 10. The van der Waals surface area contributed by atoms with Crippen molar-refractivity contribution in [3.05, 3.63) is 29.8 Å². The Labute approximate surface area is 174 Å². The number of terminal acetylenes is 1. The molecule has 11 nitrogen and oxygen atoms in total. The standard InChI is InChI=1S/C18H21N7O4S/c1-5-11-19-16-20-17(23(3)12-6-2)22-18(21-16)24(29-4)25-15(26)13-9-7-8-10-14(13)30(25,27)28/h2,7-10H,5,11-12H2,1,3-4H3,(H,19,20,21,22). The van der Waals surface area contributed by atoms with Crippen LogP contribution in [0.1, 0.15) is 23.7 Å². The average molecular weight is 431 g/mol. The number of sulfonamides is 1. The van der Waals surface area contributed by atoms with Crippen molar-refractivity contribution in [2.24, 2.45) is 0 Å². The van der Waals surface area contributed by atoms with E-state index in [1.165, 1.54) is 25.3 Å². The maximum absolute atomic E-state index is 13.0. The first kappa shape index (κ1) is 21.3. The molecule has 1 N–H and O–H groups in total. The number of nitrogens with one attached hydrogen (secondary N) is 1. The monoisotopic (exact) mass is 431 g/mol. The Morgan fingerprint density at radius 3 is 2.57 bits per heavy atom. The maximum atomic E-state index is 13.0. The number of aromatic nitrogens is 3. The van der Waals surface area contributed by atoms with Gasteiger partial charge in [-0.2, -0.15) is 23.4 Å². The minimum Gasteiger partial charge on any atom is -0.354 e. The predicted molar refractivity (Wildman–Crippen MR) is 110 cm³/mol. The molecule has 1 aromatic heterocycles. The van der Waals surface area contributed by atoms with Crippen LogP contribution in [0.2, 0.25) is 0 Å². The molecule has 0 atom stereocenters. The third kappa shape index (κ3) is 3.72. The number of nitrogens with zero attached hydrogens (tertiary/aromatic N) is 6. The summed E-state index contributed by atoms with van der Waals surface area (Å²) in [6.45, 7) is 2.74. The summed E-state index contributed by atoms with van der Waals surface area (Å²) < 4.78 is 26.5. The zero-order valence-electron chi connectivity index (χ0n) is 16.7. The summed E-state index contributed by atoms with van der Waals surface area (Å²) in [5.74, 6) is 1.86. The molecule has 0 radical (unpaired) electrons. The summed E-state index contributed by atoms with van der Waals surface area (Å²) in [4.78, 5) is 32.3. The van der Waals surface area contributed by atoms with Crippen molar-refractivity contribution in [2.45, 2.75) is 18.2 Å². The second kappa shape index (κ2) is 8.52. The summed E-state index contributed by atoms with van der Waals surface area (Å²) in [5, 5.41) is 3.74. The van der Waals surface area contributed by atoms with Gasteiger partial charge in [-0.15, -0.1) is 16.0 Å². The van der Waals surface area contributed by atoms with E-state index in [1.807, 2.05) is 6.92 Å². The van der Waals surface area contributed by atoms with E-state index in [-0.39, 0.29) is 34.8 Å². The van der Waals surface area contributed by atoms with Gasteiger partial charge >= 0.3 is 0 Å². The van der Waals surface area contributed by atoms with Gasteiger partial charge in [-0.1, -0.05) is 25.0 Å². The van der Waals surface area contributed by atoms with Gasteiger partial charge in [-0.25, -0.2) is 0 Å². The van der Waals surface area contributed by atoms with Gasteiger partial charge in [0, 0.05) is 13.6 Å². The highest BCUT2D eigenvalue weighted by atomic mass is 32.2. The second-order valence-corrected chi connectivity index (χ2v) is 7.99. The van der Waals surface area contributed by atoms with Gasteiger partial charge < -0.3 is 10.2 Å². The van der Waals surface area contributed by atoms with Crippen LogP contribution in [0.4, 0.5) is 17.8 Å². The lowest BCUT2D eigenvalue weighted by atomic mass is 10.2. The molecule has 3 rings (SSSR count). The number of fused-ring (bicyclic) bond motifs is 1. The van der Waals surface area contributed by atoms with E-state index in [4.69, 9.17) is 11.3 Å². The van der Waals surface area contributed by atoms with E-state index in [1.54, 1.807) is 18.0 Å². The SMILES string of the molecule is C#CCN(C)c1nc(NCCC)nc(N(OC)N2C(=O)c3ccccc3S2(=O)=O)n1. The first-order valence-corrected chi connectivity index (χ1v) is 10.5. The van der Waals surface area contributed by atoms with Crippen molar-refractivity contribution < 1.29 is 18.0 Å². The first-order valence-electron chi connectivity index (χ1n) is 9.02. The summed E-state index contributed by atoms with van der Waals surface area (Å²) in [5.41, 5.74) is 0.0302. The van der Waals surface area contributed by atoms with Crippen LogP contribution in [-0.2, 0) is 14.9 Å². The smallest absolute Gasteiger partial charge is 0.290 e. The molecule has 0 unspecified atom stereocenters. The van der Waals surface area contributed by atoms with Crippen LogP contribution in [0.15, 0.2) is 29.2 Å². The van der Waals surface area contributed by atoms with Gasteiger partial charge in [-0.3, -0.25) is 9.63 Å². The van der Waals surface area contributed by atoms with Crippen LogP contribution in [0.3, 0.4) is 0 Å². The van der Waals surface area contributed by atoms with Crippen molar-refractivity contribution in [1.82, 2.24) is 19.4 Å². The van der Waals surface area contributed by atoms with E-state index in [0.717, 1.165) is 11.6 Å². The molecule has 0 spiro atoms. The molecule has 158 valence electrons. The molecular formula is C18H21N7O4S. The van der Waals surface area contributed by atoms with Crippen molar-refractivity contribution in [2.75, 3.05) is 42.6 Å². The fraction of sp³-hybridized carbons (Fsp3) is 0.333. The number of hydrogen-bond donors (Lipinski definition) is 1. The zero-order chi connectivity index (χ0) is 21.9. The number of amides is 1. The molecule has 0 aliphatic carbocycles. The molecule has 0 fully saturated rings. The first-order chi connectivity index (χ1) is 14.3. The Balaban J connectivity index is 2.09. The van der Waals surface area contributed by atoms with Crippen LogP contribution in [0.25, 0.3) is 0 Å². The molecule has 1 aromatic carbocycles. The van der Waals surface area contributed by atoms with Gasteiger partial charge in [0.05, 0.1) is 19.2 Å². The lowest BCUT2D eigenvalue weighted by molar-refractivity contribution is 0.0516. The molecule has 2 aromatic rings. The topological polar surface area (TPSA) is 121 Å². The lowest BCUT2D eigenvalue weighted by Gasteiger charge is -2.27. The van der Waals surface area contributed by atoms with E-state index in [0.29, 0.717) is 11.0 Å². The van der Waals surface area contributed by atoms with E-state index in [2.05, 4.69) is 26.2 Å². The highest BCUT2D eigenvalue weighted by Gasteiger charge is 2.46. The number of carbonyl (C=O) groups excluding carboxylic acids is 1. The average Bonchev–Trinajstić information content (AvgIpc) is 2.94. The Kier molecular flexibility index (Phi) is 6.04. The van der Waals surface area contributed by atoms with Crippen LogP contribution in [-0.4, -0.2) is 60.9 Å². The predicted octanol–water partition coefficient (Wildman–Crippen LogP) is 0.890. The zero-order valence-corrected chi connectivity index (χ0v) is 17.5. The number of rotatable bonds is 8. The quantitative estimate of drug-likeness (QED) is 0.476. The van der Waals surface area contributed by atoms with Crippen LogP contribution >= 0.6 is 0 Å². The molecule has 2 heterocycles. The molecular weight excluding hydrogens is 410 g/mol. The molecule has 1 amide bonds. The Morgan fingerprint density at radius 2 is 1.93 bits per heavy atom. The lowest BCUT2D eigenvalue weighted by Crippen LogP contribution is -2.47. The minimum atomic E-state index is -4.21. The van der Waals surface area contributed by atoms with E-state index < -0.39 is 15.9 Å². The number of carbonyl (C=O) groups is 1. The van der Waals surface area contributed by atoms with Crippen LogP contribution in [0, 0.1) is 12.3 Å². The van der Waals surface area contributed by atoms with E-state index in [9.17, 15) is 13.2 Å². The van der Waals surface area contributed by atoms with Crippen LogP contribution in [0.5, 0.6) is 0 Å². The molecule has 0 bridgehead atoms. The van der Waals surface area contributed by atoms with Gasteiger partial charge in [0.15, 0.2) is 0 Å². The minimum absolute atomic E-state index is 0.0302. The third-order valence-corrected chi connectivity index (χ3v) is 5.80. The number of anilines is 3. The Morgan fingerprint density at radius 1 is 1.23 bits per heavy atom. The van der Waals surface area contributed by atoms with Crippen LogP contribution < -0.4 is 15.4 Å². The van der Waals surface area contributed by atoms with Gasteiger partial charge in [0.25, 0.3) is 21.9 Å². The van der Waals surface area contributed by atoms with Crippen molar-refractivity contribution in [3.63, 3.8) is 0 Å². The largest absolute Gasteiger partial charge is 0.354 e. The molecule has 12 heteroatoms. The Hall–Kier alpha value is -3.43. The fourth-order valence-electron chi connectivity index (χ4n) is 2.72. The normalized spacial score (nSPS) is 14.2. The van der Waals surface area contributed by atoms with E-state index >= 15 is 0 Å². The molecule has 0 saturated heterocycles. The summed E-state index contributed by atoms with van der Waals surface area (Å²) in [7, 11) is -1.33. The van der Waals surface area contributed by atoms with Crippen molar-refractivity contribution >= 4 is 33.8 Å². The maximum Gasteiger partial charge on any atom is 0.290 e. The fourth-order valence-corrected chi connectivity index (χ4v) is 4.25. The Bertz CT molecular complexity index is 1100. The van der Waals surface area contributed by atoms with Crippen molar-refractivity contribution in [1.29, 1.82) is 0 Å². The molecule has 1 aliphatic heterocycles. The second-order valence-electron chi connectivity index (χ2n) is 6.25. The highest BCUT2D eigenvalue weighted by Crippen LogP contribution is 2.33. The summed E-state index contributed by atoms with van der Waals surface area (Å²) >= 11 is 0. The summed E-state index contributed by atoms with van der Waals surface area (Å²) in [6, 6.07) is 5.89. The van der Waals surface area contributed by atoms with Crippen molar-refractivity contribution in [3.8, 4) is 12.3 Å². The number of benzene rings is 1. The molecule has 0 saturated carbocycles. The van der Waals surface area contributed by atoms with Gasteiger partial charge in [0.1, 0.15) is 4.90 Å². The van der Waals surface area contributed by atoms with Gasteiger partial charge in [0.2, 0.25) is 11.9 Å². The van der Waals surface area contributed by atoms with Gasteiger partial charge in [-0.05, 0) is 18.6 Å². The molecule has 1 aliphatic rings.